The molecule has 4 aromatic carbocycles. The molecule has 2 amide bonds. The number of nitrogens with two attached hydrogens (primary N) is 1. The molecule has 6 aliphatic rings. The number of carbonyl (C=O) groups excluding carboxylic acids is 2. The largest absolute Gasteiger partial charge is 0.493 e. The summed E-state index contributed by atoms with van der Waals surface area (Å²) < 4.78 is 210. The van der Waals surface area contributed by atoms with Crippen LogP contribution in [0.2, 0.25) is 0 Å². The Labute approximate surface area is 576 Å². The molecule has 6 fully saturated rings. The Kier molecular flexibility index (Phi) is 25.0. The number of carbonyl (C=O) groups is 2. The monoisotopic (exact) mass is 1490 g/mol. The lowest BCUT2D eigenvalue weighted by Gasteiger charge is -2.45. The smallest absolute Gasteiger partial charge is 0.409 e. The molecule has 538 valence electrons. The first-order valence-corrected chi connectivity index (χ1v) is 40.8. The molecule has 10 rings (SSSR count). The van der Waals surface area contributed by atoms with Crippen LogP contribution in [0.1, 0.15) is 6.42 Å². The normalized spacial score (nSPS) is 25.7. The Morgan fingerprint density at radius 3 is 1.34 bits per heavy atom. The van der Waals surface area contributed by atoms with Gasteiger partial charge in [-0.1, -0.05) is 18.2 Å². The van der Waals surface area contributed by atoms with Gasteiger partial charge < -0.3 is 62.1 Å². The highest BCUT2D eigenvalue weighted by Crippen LogP contribution is 2.57. The maximum atomic E-state index is 15.0. The predicted molar refractivity (Wildman–Crippen MR) is 362 cm³/mol. The fourth-order valence-electron chi connectivity index (χ4n) is 12.6. The highest BCUT2D eigenvalue weighted by molar-refractivity contribution is 7.90. The van der Waals surface area contributed by atoms with E-state index in [2.05, 4.69) is 0 Å². The molecule has 0 aliphatic carbocycles. The molecule has 33 nitrogen and oxygen atoms in total. The lowest BCUT2D eigenvalue weighted by atomic mass is 9.93. The summed E-state index contributed by atoms with van der Waals surface area (Å²) in [7, 11) is 4.94. The van der Waals surface area contributed by atoms with Crippen molar-refractivity contribution in [3.63, 3.8) is 0 Å². The van der Waals surface area contributed by atoms with Crippen LogP contribution in [0.4, 0.5) is 4.79 Å². The summed E-state index contributed by atoms with van der Waals surface area (Å²) in [5, 5.41) is 1.37. The molecule has 42 heteroatoms. The third-order valence-corrected chi connectivity index (χ3v) is 30.8. The Morgan fingerprint density at radius 2 is 0.918 bits per heavy atom. The summed E-state index contributed by atoms with van der Waals surface area (Å²) in [4.78, 5) is 26.1. The van der Waals surface area contributed by atoms with E-state index in [1.54, 1.807) is 40.3 Å². The van der Waals surface area contributed by atoms with Crippen LogP contribution in [-0.2, 0) is 95.3 Å². The zero-order chi connectivity index (χ0) is 70.9. The van der Waals surface area contributed by atoms with Gasteiger partial charge in [0.1, 0.15) is 29.3 Å². The van der Waals surface area contributed by atoms with Crippen molar-refractivity contribution in [2.24, 2.45) is 5.73 Å². The second kappa shape index (κ2) is 31.8. The van der Waals surface area contributed by atoms with Crippen molar-refractivity contribution in [3.05, 3.63) is 36.4 Å². The highest BCUT2D eigenvalue weighted by atomic mass is 32.2. The molecule has 98 heavy (non-hydrogen) atoms. The quantitative estimate of drug-likeness (QED) is 0.0352. The van der Waals surface area contributed by atoms with Crippen LogP contribution in [0.25, 0.3) is 32.3 Å². The molecule has 6 radical (unpaired) electrons. The second-order valence-electron chi connectivity index (χ2n) is 24.9. The van der Waals surface area contributed by atoms with Gasteiger partial charge in [-0.2, -0.15) is 12.9 Å². The van der Waals surface area contributed by atoms with Crippen LogP contribution in [0.5, 0.6) is 5.75 Å². The predicted octanol–water partition coefficient (Wildman–Crippen LogP) is 0.614. The molecule has 6 aliphatic heterocycles. The van der Waals surface area contributed by atoms with Crippen LogP contribution >= 0.6 is 23.0 Å². The number of nitrogens with zero attached hydrogens (tertiary/aromatic N) is 10. The molecule has 0 bridgehead atoms. The minimum absolute atomic E-state index is 0.0197. The van der Waals surface area contributed by atoms with Gasteiger partial charge in [-0.3, -0.25) is 18.5 Å². The van der Waals surface area contributed by atoms with E-state index < -0.39 is 101 Å². The van der Waals surface area contributed by atoms with Crippen molar-refractivity contribution >= 4 is 121 Å². The van der Waals surface area contributed by atoms with Crippen molar-refractivity contribution in [3.8, 4) is 5.75 Å². The third kappa shape index (κ3) is 16.5. The summed E-state index contributed by atoms with van der Waals surface area (Å²) in [6, 6.07) is 5.85. The van der Waals surface area contributed by atoms with E-state index in [-0.39, 0.29) is 212 Å². The van der Waals surface area contributed by atoms with Crippen molar-refractivity contribution in [2.45, 2.75) is 57.4 Å². The van der Waals surface area contributed by atoms with Gasteiger partial charge in [-0.25, -0.2) is 58.1 Å². The molecule has 0 spiro atoms. The zero-order valence-electron chi connectivity index (χ0n) is 55.9. The van der Waals surface area contributed by atoms with Crippen LogP contribution in [0.3, 0.4) is 0 Å². The fourth-order valence-corrected chi connectivity index (χ4v) is 23.3. The SMILES string of the molecule is [B]C1CN(C(=O)OCCCOc2cc(S(=O)(=O)N3CCOCC3)c3ccc4c(S(=O)(=O)N5CCOCC5)cc(S(=O)(=O)N5CCOCC5)c5ccc2c3c54)CC(COP(=O)(N(C)C)N2CC([B])OC(COP(=O)(N(C)C)N3CC([B])OC(COP(=O)(N(C)C)N(C)CC(N)=O)C3)C2)O1. The third-order valence-electron chi connectivity index (χ3n) is 17.4. The average molecular weight is 1490 g/mol. The fraction of sp³-hybridized carbons (Fsp3) is 0.679. The molecule has 9 atom stereocenters. The lowest BCUT2D eigenvalue weighted by molar-refractivity contribution is -0.118. The number of primary amides is 1. The van der Waals surface area contributed by atoms with E-state index in [9.17, 15) is 44.0 Å². The zero-order valence-corrected chi connectivity index (χ0v) is 61.1. The summed E-state index contributed by atoms with van der Waals surface area (Å²) >= 11 is 0. The first-order valence-electron chi connectivity index (χ1n) is 31.9. The number of hydrogen-bond acceptors (Lipinski definition) is 22. The number of rotatable bonds is 28. The minimum atomic E-state index is -4.39. The van der Waals surface area contributed by atoms with E-state index >= 15 is 4.57 Å². The molecule has 0 saturated carbocycles. The summed E-state index contributed by atoms with van der Waals surface area (Å²) in [6.45, 7) is -1.02. The number of sulfonamides is 3. The van der Waals surface area contributed by atoms with Gasteiger partial charge in [0.05, 0.1) is 119 Å². The Balaban J connectivity index is 0.805. The van der Waals surface area contributed by atoms with Gasteiger partial charge >= 0.3 is 29.1 Å². The number of amides is 2. The number of likely N-dealkylation sites (N-methyl/N-ethyl adjacent to an activating group) is 1. The molecule has 0 aromatic heterocycles. The van der Waals surface area contributed by atoms with E-state index in [0.29, 0.717) is 5.39 Å². The molecule has 6 heterocycles. The average Bonchev–Trinajstić information content (AvgIpc) is 0.699. The van der Waals surface area contributed by atoms with E-state index in [0.717, 1.165) is 0 Å². The van der Waals surface area contributed by atoms with E-state index in [4.69, 9.17) is 80.7 Å². The van der Waals surface area contributed by atoms with Crippen LogP contribution in [-0.4, -0.2) is 350 Å². The van der Waals surface area contributed by atoms with Gasteiger partial charge in [0.15, 0.2) is 0 Å². The lowest BCUT2D eigenvalue weighted by Crippen LogP contribution is -2.53. The molecular weight excluding hydrogens is 1400 g/mol. The number of ether oxygens (including phenoxy) is 8. The van der Waals surface area contributed by atoms with Crippen LogP contribution < -0.4 is 10.5 Å². The van der Waals surface area contributed by atoms with Gasteiger partial charge in [0.25, 0.3) is 0 Å². The van der Waals surface area contributed by atoms with Crippen molar-refractivity contribution < 1.29 is 100 Å². The Morgan fingerprint density at radius 1 is 0.531 bits per heavy atom. The maximum absolute atomic E-state index is 15.0. The molecule has 9 unspecified atom stereocenters. The number of benzene rings is 4. The standard InChI is InChI=1S/C56H85B3N11O22P3S3/c1-61(2)93(73,64(7)35-53(60)71)87-37-40-30-66(33-51(58)91-40)95(75,63(5)6)89-38-41-31-67(34-52(59)92-41)94(74,62(3)4)88-36-39-29-65(32-50(57)90-39)56(72)86-20-8-19-85-46-27-47(96(76,77)68-13-21-82-22-14-68)43-11-12-45-49(98(80,81)70-17-25-84-26-18-70)28-48(44-10-9-42(46)54(43)55(44)45)97(78,79)69-15-23-83-24-16-69/h9-12,27-28,39-41,50-52H,8,13-26,29-38H2,1-7H3,(H2,60,71). The van der Waals surface area contributed by atoms with E-state index in [1.165, 1.54) is 91.2 Å². The summed E-state index contributed by atoms with van der Waals surface area (Å²) in [6.07, 6.45) is -3.35. The van der Waals surface area contributed by atoms with E-state index in [1.807, 2.05) is 0 Å². The van der Waals surface area contributed by atoms with Crippen molar-refractivity contribution in [2.75, 3.05) is 207 Å². The van der Waals surface area contributed by atoms with Gasteiger partial charge in [-0.05, 0) is 61.5 Å². The molecule has 2 N–H and O–H groups in total. The molecule has 6 saturated heterocycles. The minimum Gasteiger partial charge on any atom is -0.493 e. The number of morpholine rings is 6. The van der Waals surface area contributed by atoms with Crippen molar-refractivity contribution in [1.29, 1.82) is 0 Å². The Bertz CT molecular complexity index is 3950. The Hall–Kier alpha value is -3.53. The topological polar surface area (TPSA) is 348 Å². The van der Waals surface area contributed by atoms with Crippen molar-refractivity contribution in [1.82, 2.24) is 45.8 Å². The first-order chi connectivity index (χ1) is 46.3. The summed E-state index contributed by atoms with van der Waals surface area (Å²) in [5.74, 6) is -0.637. The molecular formula is C56H85B3N11O22P3S3. The van der Waals surface area contributed by atoms with Crippen LogP contribution in [0.15, 0.2) is 51.1 Å². The first kappa shape index (κ1) is 77.1. The van der Waals surface area contributed by atoms with Gasteiger partial charge in [-0.15, -0.1) is 0 Å². The highest BCUT2D eigenvalue weighted by Gasteiger charge is 2.46. The van der Waals surface area contributed by atoms with Crippen LogP contribution in [0, 0.1) is 0 Å². The summed E-state index contributed by atoms with van der Waals surface area (Å²) in [5.41, 5.74) is 5.36. The number of hydrogen-bond donors (Lipinski definition) is 1. The molecule has 4 aromatic rings. The maximum Gasteiger partial charge on any atom is 0.409 e. The van der Waals surface area contributed by atoms with Gasteiger partial charge in [0.2, 0.25) is 36.0 Å². The van der Waals surface area contributed by atoms with Gasteiger partial charge in [0, 0.05) is 135 Å². The second-order valence-corrected chi connectivity index (χ2v) is 38.6.